The van der Waals surface area contributed by atoms with Gasteiger partial charge in [0.15, 0.2) is 0 Å². The van der Waals surface area contributed by atoms with Gasteiger partial charge in [-0.1, -0.05) is 0 Å². The quantitative estimate of drug-likeness (QED) is 0.859. The van der Waals surface area contributed by atoms with Crippen LogP contribution in [0.25, 0.3) is 0 Å². The summed E-state index contributed by atoms with van der Waals surface area (Å²) in [7, 11) is 2.11. The molecule has 0 aliphatic heterocycles. The fraction of sp³-hybridized carbons (Fsp3) is 0.636. The summed E-state index contributed by atoms with van der Waals surface area (Å²) in [6.07, 6.45) is 7.52. The van der Waals surface area contributed by atoms with Gasteiger partial charge < -0.3 is 9.88 Å². The molecule has 2 aliphatic rings. The average molecular weight is 255 g/mol. The Morgan fingerprint density at radius 2 is 2.21 bits per heavy atom. The Labute approximate surface area is 92.8 Å². The lowest BCUT2D eigenvalue weighted by Crippen LogP contribution is -2.21. The number of rotatable bonds is 2. The van der Waals surface area contributed by atoms with Gasteiger partial charge in [-0.25, -0.2) is 0 Å². The number of fused-ring (bicyclic) bond motifs is 1. The zero-order valence-electron chi connectivity index (χ0n) is 8.39. The van der Waals surface area contributed by atoms with E-state index >= 15 is 0 Å². The van der Waals surface area contributed by atoms with Gasteiger partial charge in [0, 0.05) is 25.3 Å². The number of aryl methyl sites for hydroxylation is 1. The summed E-state index contributed by atoms with van der Waals surface area (Å²) in [5, 5.41) is 3.72. The van der Waals surface area contributed by atoms with Crippen LogP contribution in [0.5, 0.6) is 0 Å². The number of nitrogens with one attached hydrogen (secondary N) is 1. The van der Waals surface area contributed by atoms with E-state index in [1.807, 2.05) is 0 Å². The third-order valence-electron chi connectivity index (χ3n) is 3.31. The van der Waals surface area contributed by atoms with Gasteiger partial charge in [-0.15, -0.1) is 0 Å². The summed E-state index contributed by atoms with van der Waals surface area (Å²) in [5.41, 5.74) is 3.04. The molecule has 0 aromatic carbocycles. The van der Waals surface area contributed by atoms with E-state index in [9.17, 15) is 0 Å². The largest absolute Gasteiger partial charge is 0.345 e. The summed E-state index contributed by atoms with van der Waals surface area (Å²) >= 11 is 3.65. The number of nitrogens with zero attached hydrogens (tertiary/aromatic N) is 1. The summed E-state index contributed by atoms with van der Waals surface area (Å²) in [6, 6.07) is 1.43. The van der Waals surface area contributed by atoms with Gasteiger partial charge in [0.1, 0.15) is 0 Å². The predicted octanol–water partition coefficient (Wildman–Crippen LogP) is 2.53. The molecule has 1 fully saturated rings. The Morgan fingerprint density at radius 3 is 2.93 bits per heavy atom. The van der Waals surface area contributed by atoms with Gasteiger partial charge in [0.25, 0.3) is 0 Å². The molecular formula is C11H15BrN2. The lowest BCUT2D eigenvalue weighted by Gasteiger charge is -2.11. The molecule has 1 atom stereocenters. The fourth-order valence-electron chi connectivity index (χ4n) is 2.37. The standard InChI is InChI=1S/C11H15BrN2/c1-14-6-9-8(11(14)12)4-5-10(9)13-7-2-3-7/h6-7,10,13H,2-5H2,1H3. The number of hydrogen-bond acceptors (Lipinski definition) is 1. The van der Waals surface area contributed by atoms with Crippen molar-refractivity contribution >= 4 is 15.9 Å². The Bertz CT molecular complexity index is 366. The van der Waals surface area contributed by atoms with Crippen LogP contribution in [0, 0.1) is 0 Å². The van der Waals surface area contributed by atoms with E-state index < -0.39 is 0 Å². The first-order chi connectivity index (χ1) is 6.75. The molecule has 1 saturated carbocycles. The molecule has 2 aliphatic carbocycles. The summed E-state index contributed by atoms with van der Waals surface area (Å²) < 4.78 is 3.46. The Kier molecular flexibility index (Phi) is 1.99. The second-order valence-corrected chi connectivity index (χ2v) is 5.25. The Hall–Kier alpha value is -0.280. The first kappa shape index (κ1) is 8.98. The average Bonchev–Trinajstić information content (AvgIpc) is 2.83. The first-order valence-corrected chi connectivity index (χ1v) is 6.14. The second kappa shape index (κ2) is 3.11. The van der Waals surface area contributed by atoms with E-state index in [2.05, 4.69) is 39.1 Å². The number of aromatic nitrogens is 1. The maximum atomic E-state index is 3.72. The highest BCUT2D eigenvalue weighted by molar-refractivity contribution is 9.10. The fourth-order valence-corrected chi connectivity index (χ4v) is 2.90. The molecule has 76 valence electrons. The molecule has 0 spiro atoms. The van der Waals surface area contributed by atoms with Gasteiger partial charge >= 0.3 is 0 Å². The molecule has 14 heavy (non-hydrogen) atoms. The molecule has 3 rings (SSSR count). The molecule has 0 radical (unpaired) electrons. The van der Waals surface area contributed by atoms with Crippen molar-refractivity contribution in [3.05, 3.63) is 21.9 Å². The Morgan fingerprint density at radius 1 is 1.43 bits per heavy atom. The Balaban J connectivity index is 1.88. The van der Waals surface area contributed by atoms with E-state index in [1.165, 1.54) is 41.4 Å². The van der Waals surface area contributed by atoms with Crippen molar-refractivity contribution in [3.63, 3.8) is 0 Å². The molecule has 2 nitrogen and oxygen atoms in total. The van der Waals surface area contributed by atoms with Gasteiger partial charge in [0.2, 0.25) is 0 Å². The molecule has 3 heteroatoms. The molecule has 0 saturated heterocycles. The van der Waals surface area contributed by atoms with Crippen molar-refractivity contribution < 1.29 is 0 Å². The lowest BCUT2D eigenvalue weighted by atomic mass is 10.2. The van der Waals surface area contributed by atoms with Crippen LogP contribution < -0.4 is 5.32 Å². The smallest absolute Gasteiger partial charge is 0.0879 e. The van der Waals surface area contributed by atoms with E-state index in [1.54, 1.807) is 0 Å². The molecule has 0 bridgehead atoms. The lowest BCUT2D eigenvalue weighted by molar-refractivity contribution is 0.524. The predicted molar refractivity (Wildman–Crippen MR) is 60.3 cm³/mol. The van der Waals surface area contributed by atoms with E-state index in [-0.39, 0.29) is 0 Å². The van der Waals surface area contributed by atoms with Gasteiger partial charge in [-0.05, 0) is 52.7 Å². The topological polar surface area (TPSA) is 17.0 Å². The van der Waals surface area contributed by atoms with Gasteiger partial charge in [0.05, 0.1) is 4.60 Å². The van der Waals surface area contributed by atoms with Crippen LogP contribution in [0.1, 0.15) is 36.4 Å². The normalized spacial score (nSPS) is 25.4. The molecule has 0 amide bonds. The van der Waals surface area contributed by atoms with Crippen LogP contribution in [0.4, 0.5) is 0 Å². The monoisotopic (exact) mass is 254 g/mol. The molecule has 1 aromatic heterocycles. The molecule has 1 heterocycles. The van der Waals surface area contributed by atoms with Crippen molar-refractivity contribution in [2.75, 3.05) is 0 Å². The molecule has 1 N–H and O–H groups in total. The van der Waals surface area contributed by atoms with Crippen LogP contribution in [0.3, 0.4) is 0 Å². The molecule has 1 unspecified atom stereocenters. The van der Waals surface area contributed by atoms with Gasteiger partial charge in [-0.3, -0.25) is 0 Å². The van der Waals surface area contributed by atoms with Crippen LogP contribution in [0.2, 0.25) is 0 Å². The van der Waals surface area contributed by atoms with Crippen LogP contribution in [-0.2, 0) is 13.5 Å². The number of hydrogen-bond donors (Lipinski definition) is 1. The number of halogens is 1. The maximum absolute atomic E-state index is 3.72. The van der Waals surface area contributed by atoms with Crippen molar-refractivity contribution in [2.45, 2.75) is 37.8 Å². The summed E-state index contributed by atoms with van der Waals surface area (Å²) in [5.74, 6) is 0. The maximum Gasteiger partial charge on any atom is 0.0879 e. The van der Waals surface area contributed by atoms with E-state index in [0.29, 0.717) is 6.04 Å². The highest BCUT2D eigenvalue weighted by Gasteiger charge is 2.31. The molecular weight excluding hydrogens is 240 g/mol. The summed E-state index contributed by atoms with van der Waals surface area (Å²) in [6.45, 7) is 0. The highest BCUT2D eigenvalue weighted by atomic mass is 79.9. The molecule has 1 aromatic rings. The SMILES string of the molecule is Cn1cc2c(c1Br)CCC2NC1CC1. The van der Waals surface area contributed by atoms with Crippen molar-refractivity contribution in [1.29, 1.82) is 0 Å². The van der Waals surface area contributed by atoms with Crippen molar-refractivity contribution in [3.8, 4) is 0 Å². The first-order valence-electron chi connectivity index (χ1n) is 5.35. The zero-order chi connectivity index (χ0) is 9.71. The minimum Gasteiger partial charge on any atom is -0.345 e. The minimum absolute atomic E-state index is 0.620. The third-order valence-corrected chi connectivity index (χ3v) is 4.35. The minimum atomic E-state index is 0.620. The summed E-state index contributed by atoms with van der Waals surface area (Å²) in [4.78, 5) is 0. The van der Waals surface area contributed by atoms with Gasteiger partial charge in [-0.2, -0.15) is 0 Å². The van der Waals surface area contributed by atoms with E-state index in [4.69, 9.17) is 0 Å². The van der Waals surface area contributed by atoms with Crippen molar-refractivity contribution in [1.82, 2.24) is 9.88 Å². The van der Waals surface area contributed by atoms with E-state index in [0.717, 1.165) is 6.04 Å². The second-order valence-electron chi connectivity index (χ2n) is 4.50. The third kappa shape index (κ3) is 1.34. The van der Waals surface area contributed by atoms with Crippen LogP contribution in [-0.4, -0.2) is 10.6 Å². The highest BCUT2D eigenvalue weighted by Crippen LogP contribution is 2.38. The van der Waals surface area contributed by atoms with Crippen molar-refractivity contribution in [2.24, 2.45) is 7.05 Å². The van der Waals surface area contributed by atoms with Crippen LogP contribution >= 0.6 is 15.9 Å². The van der Waals surface area contributed by atoms with Crippen LogP contribution in [0.15, 0.2) is 10.8 Å². The zero-order valence-corrected chi connectivity index (χ0v) is 9.97.